The van der Waals surface area contributed by atoms with Gasteiger partial charge in [-0.3, -0.25) is 43.8 Å². The van der Waals surface area contributed by atoms with E-state index in [9.17, 15) is 24.0 Å². The number of aromatic nitrogens is 3. The fourth-order valence-corrected chi connectivity index (χ4v) is 13.1. The van der Waals surface area contributed by atoms with Gasteiger partial charge in [0.2, 0.25) is 23.6 Å². The van der Waals surface area contributed by atoms with Gasteiger partial charge in [0.1, 0.15) is 11.5 Å². The minimum Gasteiger partial charge on any atom is -0.352 e. The molecule has 14 nitrogen and oxygen atoms in total. The smallest absolute Gasteiger partial charge is 0.329 e. The molecule has 1 unspecified atom stereocenters. The molecule has 4 aromatic rings. The summed E-state index contributed by atoms with van der Waals surface area (Å²) < 4.78 is 19.4. The highest BCUT2D eigenvalue weighted by atomic mass is 35.5. The maximum atomic E-state index is 16.4. The second-order valence-electron chi connectivity index (χ2n) is 21.1. The van der Waals surface area contributed by atoms with Crippen LogP contribution in [0.25, 0.3) is 11.0 Å². The maximum absolute atomic E-state index is 16.4. The number of fused-ring (bicyclic) bond motifs is 4. The first-order chi connectivity index (χ1) is 33.1. The SMILES string of the molecule is Cn1c(=O)n(C2CCC(=O)NC2=O)c2ccc(C#CCCN3CCN(C[C@H]4CC[C@H](NC(=O)[C@@H]5NC6(CCC(C)(C)CC6)[C@@]6(C(=O)Nc7cc(Cl)ccc76)[C@H]5c5ccnc(Cl)c5F)CC4)CC3)cc21. The number of carbonyl (C=O) groups excluding carboxylic acids is 4. The molecule has 4 N–H and O–H groups in total. The predicted octanol–water partition coefficient (Wildman–Crippen LogP) is 6.18. The molecular weight excluding hydrogens is 921 g/mol. The van der Waals surface area contributed by atoms with Gasteiger partial charge in [-0.2, -0.15) is 0 Å². The van der Waals surface area contributed by atoms with Gasteiger partial charge >= 0.3 is 5.69 Å². The number of hydrogen-bond donors (Lipinski definition) is 4. The number of aryl methyl sites for hydroxylation is 1. The van der Waals surface area contributed by atoms with E-state index in [1.165, 1.54) is 15.3 Å². The Bertz CT molecular complexity index is 2840. The molecule has 0 bridgehead atoms. The van der Waals surface area contributed by atoms with Crippen molar-refractivity contribution in [3.05, 3.63) is 91.8 Å². The van der Waals surface area contributed by atoms with Crippen molar-refractivity contribution in [3.8, 4) is 11.8 Å². The van der Waals surface area contributed by atoms with Crippen molar-refractivity contribution in [1.82, 2.24) is 39.9 Å². The zero-order valence-corrected chi connectivity index (χ0v) is 40.9. The van der Waals surface area contributed by atoms with E-state index >= 15 is 4.39 Å². The van der Waals surface area contributed by atoms with Crippen molar-refractivity contribution >= 4 is 63.6 Å². The first kappa shape index (κ1) is 47.6. The highest BCUT2D eigenvalue weighted by Gasteiger charge is 2.73. The van der Waals surface area contributed by atoms with Gasteiger partial charge in [-0.15, -0.1) is 0 Å². The molecule has 17 heteroatoms. The number of nitrogens with one attached hydrogen (secondary N) is 4. The van der Waals surface area contributed by atoms with Crippen LogP contribution in [-0.2, 0) is 31.6 Å². The molecule has 69 heavy (non-hydrogen) atoms. The van der Waals surface area contributed by atoms with Gasteiger partial charge < -0.3 is 15.5 Å². The zero-order valence-electron chi connectivity index (χ0n) is 39.4. The topological polar surface area (TPSA) is 163 Å². The van der Waals surface area contributed by atoms with Gasteiger partial charge in [0.05, 0.1) is 17.1 Å². The van der Waals surface area contributed by atoms with Gasteiger partial charge in [-0.1, -0.05) is 55.0 Å². The number of piperidine rings is 1. The molecule has 364 valence electrons. The molecular formula is C52H60Cl2FN9O5. The van der Waals surface area contributed by atoms with Gasteiger partial charge in [-0.05, 0) is 117 Å². The van der Waals surface area contributed by atoms with Crippen molar-refractivity contribution in [3.63, 3.8) is 0 Å². The van der Waals surface area contributed by atoms with Gasteiger partial charge in [0.15, 0.2) is 11.0 Å². The second-order valence-corrected chi connectivity index (χ2v) is 21.9. The van der Waals surface area contributed by atoms with Crippen molar-refractivity contribution in [1.29, 1.82) is 0 Å². The third-order valence-electron chi connectivity index (χ3n) is 16.5. The first-order valence-corrected chi connectivity index (χ1v) is 25.3. The molecule has 2 saturated carbocycles. The van der Waals surface area contributed by atoms with Gasteiger partial charge in [0, 0.05) is 99.1 Å². The lowest BCUT2D eigenvalue weighted by atomic mass is 9.53. The zero-order chi connectivity index (χ0) is 48.4. The Morgan fingerprint density at radius 1 is 0.899 bits per heavy atom. The fraction of sp³-hybridized carbons (Fsp3) is 0.538. The number of hydrogen-bond acceptors (Lipinski definition) is 9. The highest BCUT2D eigenvalue weighted by Crippen LogP contribution is 2.64. The number of imidazole rings is 1. The summed E-state index contributed by atoms with van der Waals surface area (Å²) in [4.78, 5) is 76.1. The lowest BCUT2D eigenvalue weighted by Crippen LogP contribution is -2.61. The molecule has 3 saturated heterocycles. The summed E-state index contributed by atoms with van der Waals surface area (Å²) in [7, 11) is 1.68. The Hall–Kier alpha value is -5.11. The average Bonchev–Trinajstić information content (AvgIpc) is 3.88. The summed E-state index contributed by atoms with van der Waals surface area (Å²) in [5.41, 5.74) is 1.21. The Morgan fingerprint density at radius 2 is 1.64 bits per heavy atom. The van der Waals surface area contributed by atoms with Crippen LogP contribution >= 0.6 is 23.2 Å². The Morgan fingerprint density at radius 3 is 2.38 bits per heavy atom. The number of rotatable bonds is 8. The van der Waals surface area contributed by atoms with Crippen molar-refractivity contribution in [2.45, 2.75) is 119 Å². The summed E-state index contributed by atoms with van der Waals surface area (Å²) in [6, 6.07) is 10.8. The normalized spacial score (nSPS) is 27.8. The molecule has 2 aromatic carbocycles. The van der Waals surface area contributed by atoms with Crippen LogP contribution < -0.4 is 27.0 Å². The summed E-state index contributed by atoms with van der Waals surface area (Å²) in [6.45, 7) is 10.2. The Kier molecular flexibility index (Phi) is 12.8. The molecule has 4 atom stereocenters. The van der Waals surface area contributed by atoms with Crippen LogP contribution in [0.15, 0.2) is 53.5 Å². The van der Waals surface area contributed by atoms with Crippen molar-refractivity contribution in [2.75, 3.05) is 44.6 Å². The number of anilines is 1. The number of nitrogens with zero attached hydrogens (tertiary/aromatic N) is 5. The molecule has 6 aliphatic rings. The van der Waals surface area contributed by atoms with E-state index in [4.69, 9.17) is 23.2 Å². The van der Waals surface area contributed by atoms with Crippen LogP contribution in [0, 0.1) is 29.0 Å². The van der Waals surface area contributed by atoms with Crippen LogP contribution in [0.3, 0.4) is 0 Å². The largest absolute Gasteiger partial charge is 0.352 e. The van der Waals surface area contributed by atoms with E-state index in [1.54, 1.807) is 25.2 Å². The summed E-state index contributed by atoms with van der Waals surface area (Å²) in [5.74, 6) is 4.19. The third kappa shape index (κ3) is 8.58. The standard InChI is InChI=1S/C52H60Cl2FN9O5/c1-50(2)18-20-51(21-19-50)52(36-13-10-33(53)29-37(36)58-48(52)68)42(35-17-22-56-45(54)43(35)55)44(60-51)47(67)57-34-11-7-32(8-12-34)30-63-26-24-62(25-27-63)23-5-4-6-31-9-14-38-40(28-31)61(3)49(69)64(38)39-15-16-41(65)59-46(39)66/h9-10,13-14,17,22,28-29,32,34,39,42,44,60H,5,7-8,11-12,15-16,18-21,23-27,30H2,1-3H3,(H,57,67)(H,58,68)(H,59,65,66)/t32-,34-,39?,42-,44+,52+/m0/s1. The predicted molar refractivity (Wildman–Crippen MR) is 262 cm³/mol. The van der Waals surface area contributed by atoms with E-state index in [1.807, 2.05) is 24.3 Å². The Balaban J connectivity index is 0.746. The number of amides is 4. The summed E-state index contributed by atoms with van der Waals surface area (Å²) in [6.07, 6.45) is 9.18. The lowest BCUT2D eigenvalue weighted by Gasteiger charge is -2.50. The number of piperazine rings is 1. The molecule has 2 aromatic heterocycles. The minimum absolute atomic E-state index is 0.0398. The fourth-order valence-electron chi connectivity index (χ4n) is 12.7. The number of pyridine rings is 1. The van der Waals surface area contributed by atoms with Gasteiger partial charge in [0.25, 0.3) is 0 Å². The quantitative estimate of drug-likeness (QED) is 0.0919. The molecule has 2 aliphatic carbocycles. The van der Waals surface area contributed by atoms with Crippen LogP contribution in [0.2, 0.25) is 10.2 Å². The first-order valence-electron chi connectivity index (χ1n) is 24.6. The molecule has 10 rings (SSSR count). The van der Waals surface area contributed by atoms with E-state index in [0.717, 1.165) is 88.9 Å². The molecule has 2 spiro atoms. The van der Waals surface area contributed by atoms with E-state index in [-0.39, 0.29) is 58.4 Å². The molecule has 5 fully saturated rings. The second kappa shape index (κ2) is 18.6. The van der Waals surface area contributed by atoms with Crippen molar-refractivity contribution in [2.24, 2.45) is 18.4 Å². The number of benzene rings is 2. The van der Waals surface area contributed by atoms with Crippen LogP contribution in [0.1, 0.15) is 113 Å². The van der Waals surface area contributed by atoms with E-state index < -0.39 is 40.7 Å². The number of halogens is 3. The average molecular weight is 981 g/mol. The number of imide groups is 1. The number of carbonyl (C=O) groups is 4. The summed E-state index contributed by atoms with van der Waals surface area (Å²) in [5, 5.41) is 12.8. The monoisotopic (exact) mass is 979 g/mol. The Labute approximate surface area is 411 Å². The van der Waals surface area contributed by atoms with E-state index in [2.05, 4.69) is 61.7 Å². The van der Waals surface area contributed by atoms with Gasteiger partial charge in [-0.25, -0.2) is 14.2 Å². The molecule has 4 amide bonds. The van der Waals surface area contributed by atoms with Crippen molar-refractivity contribution < 1.29 is 23.6 Å². The van der Waals surface area contributed by atoms with Crippen LogP contribution in [0.5, 0.6) is 0 Å². The lowest BCUT2D eigenvalue weighted by molar-refractivity contribution is -0.136. The summed E-state index contributed by atoms with van der Waals surface area (Å²) >= 11 is 12.8. The van der Waals surface area contributed by atoms with E-state index in [0.29, 0.717) is 46.9 Å². The third-order valence-corrected chi connectivity index (χ3v) is 17.0. The minimum atomic E-state index is -1.32. The van der Waals surface area contributed by atoms with Crippen LogP contribution in [0.4, 0.5) is 10.1 Å². The molecule has 6 heterocycles. The molecule has 0 radical (unpaired) electrons. The highest BCUT2D eigenvalue weighted by molar-refractivity contribution is 6.31. The maximum Gasteiger partial charge on any atom is 0.329 e. The van der Waals surface area contributed by atoms with Crippen LogP contribution in [-0.4, -0.2) is 104 Å². The molecule has 4 aliphatic heterocycles.